The molecule has 0 aliphatic carbocycles. The second-order valence-corrected chi connectivity index (χ2v) is 13.1. The normalized spacial score (nSPS) is 11.8. The summed E-state index contributed by atoms with van der Waals surface area (Å²) in [5.74, 6) is 1.87. The molecule has 0 radical (unpaired) electrons. The van der Waals surface area contributed by atoms with Crippen LogP contribution < -0.4 is 0 Å². The molecule has 0 spiro atoms. The van der Waals surface area contributed by atoms with Gasteiger partial charge in [-0.25, -0.2) is 15.0 Å². The second-order valence-electron chi connectivity index (χ2n) is 12.0. The zero-order valence-corrected chi connectivity index (χ0v) is 26.4. The minimum atomic E-state index is 0.604. The van der Waals surface area contributed by atoms with Crippen LogP contribution in [0.25, 0.3) is 98.2 Å². The lowest BCUT2D eigenvalue weighted by atomic mass is 9.96. The van der Waals surface area contributed by atoms with E-state index in [4.69, 9.17) is 19.4 Å². The van der Waals surface area contributed by atoms with E-state index in [0.29, 0.717) is 17.5 Å². The van der Waals surface area contributed by atoms with E-state index in [1.54, 1.807) is 0 Å². The van der Waals surface area contributed by atoms with Crippen molar-refractivity contribution in [1.82, 2.24) is 15.0 Å². The third-order valence-electron chi connectivity index (χ3n) is 9.13. The van der Waals surface area contributed by atoms with Crippen LogP contribution in [0.3, 0.4) is 0 Å². The van der Waals surface area contributed by atoms with Crippen molar-refractivity contribution in [2.24, 2.45) is 0 Å². The smallest absolute Gasteiger partial charge is 0.164 e. The fourth-order valence-corrected chi connectivity index (χ4v) is 7.96. The van der Waals surface area contributed by atoms with E-state index in [1.807, 2.05) is 72.0 Å². The summed E-state index contributed by atoms with van der Waals surface area (Å²) in [5.41, 5.74) is 6.73. The van der Waals surface area contributed by atoms with Gasteiger partial charge in [0.25, 0.3) is 0 Å². The Balaban J connectivity index is 1.14. The van der Waals surface area contributed by atoms with Crippen molar-refractivity contribution in [3.63, 3.8) is 0 Å². The average molecular weight is 632 g/mol. The van der Waals surface area contributed by atoms with Crippen molar-refractivity contribution in [3.8, 4) is 45.3 Å². The monoisotopic (exact) mass is 631 g/mol. The Kier molecular flexibility index (Phi) is 6.01. The molecule has 5 heteroatoms. The van der Waals surface area contributed by atoms with Crippen LogP contribution in [0.5, 0.6) is 0 Å². The fourth-order valence-electron chi connectivity index (χ4n) is 6.86. The second kappa shape index (κ2) is 10.7. The first-order chi connectivity index (χ1) is 23.8. The van der Waals surface area contributed by atoms with Gasteiger partial charge in [-0.15, -0.1) is 11.3 Å². The van der Waals surface area contributed by atoms with Crippen LogP contribution in [-0.4, -0.2) is 15.0 Å². The summed E-state index contributed by atoms with van der Waals surface area (Å²) in [6.07, 6.45) is 0. The Hall–Kier alpha value is -6.17. The molecule has 0 bridgehead atoms. The van der Waals surface area contributed by atoms with Gasteiger partial charge in [-0.05, 0) is 58.3 Å². The molecular weight excluding hydrogens is 607 g/mol. The molecule has 0 fully saturated rings. The van der Waals surface area contributed by atoms with Crippen molar-refractivity contribution in [3.05, 3.63) is 152 Å². The summed E-state index contributed by atoms with van der Waals surface area (Å²) < 4.78 is 9.14. The number of hydrogen-bond acceptors (Lipinski definition) is 5. The molecule has 0 aliphatic heterocycles. The van der Waals surface area contributed by atoms with E-state index in [9.17, 15) is 0 Å². The molecule has 0 N–H and O–H groups in total. The van der Waals surface area contributed by atoms with Gasteiger partial charge in [0.1, 0.15) is 11.2 Å². The van der Waals surface area contributed by atoms with Crippen LogP contribution in [0.4, 0.5) is 0 Å². The molecule has 3 heterocycles. The number of aromatic nitrogens is 3. The molecule has 0 saturated heterocycles. The van der Waals surface area contributed by atoms with E-state index in [0.717, 1.165) is 44.2 Å². The van der Waals surface area contributed by atoms with Gasteiger partial charge in [0.05, 0.1) is 0 Å². The van der Waals surface area contributed by atoms with Crippen LogP contribution in [0.1, 0.15) is 0 Å². The molecular formula is C43H25N3OS. The average Bonchev–Trinajstić information content (AvgIpc) is 3.73. The maximum atomic E-state index is 6.54. The maximum Gasteiger partial charge on any atom is 0.164 e. The Morgan fingerprint density at radius 3 is 1.83 bits per heavy atom. The highest BCUT2D eigenvalue weighted by atomic mass is 32.1. The molecule has 10 aromatic rings. The number of hydrogen-bond donors (Lipinski definition) is 0. The molecule has 0 atom stereocenters. The number of fused-ring (bicyclic) bond motifs is 8. The SMILES string of the molecule is c1ccc(-c2nc(-c3ccccc3)nc(-c3ccc4c(c3)oc3cccc(-c5ccc6sc7ccc8ccccc8c7c6c5)c34)n2)cc1. The topological polar surface area (TPSA) is 51.8 Å². The Morgan fingerprint density at radius 2 is 1.06 bits per heavy atom. The fraction of sp³-hybridized carbons (Fsp3) is 0. The summed E-state index contributed by atoms with van der Waals surface area (Å²) >= 11 is 1.85. The minimum Gasteiger partial charge on any atom is -0.456 e. The Labute approximate surface area is 279 Å². The van der Waals surface area contributed by atoms with Gasteiger partial charge >= 0.3 is 0 Å². The van der Waals surface area contributed by atoms with Gasteiger partial charge in [-0.3, -0.25) is 0 Å². The summed E-state index contributed by atoms with van der Waals surface area (Å²) in [4.78, 5) is 14.7. The largest absolute Gasteiger partial charge is 0.456 e. The first kappa shape index (κ1) is 27.0. The summed E-state index contributed by atoms with van der Waals surface area (Å²) in [5, 5.41) is 7.33. The predicted molar refractivity (Wildman–Crippen MR) is 199 cm³/mol. The van der Waals surface area contributed by atoms with E-state index < -0.39 is 0 Å². The standard InChI is InChI=1S/C43H25N3OS/c1-3-11-27(12-4-1)41-44-42(28-13-5-2-6-14-28)46-43(45-41)30-18-21-33-36(25-30)47-35-17-9-16-32(39(33)35)29-20-22-37-34(24-29)40-31-15-8-7-10-26(31)19-23-38(40)48-37/h1-25H. The first-order valence-corrected chi connectivity index (χ1v) is 16.8. The molecule has 7 aromatic carbocycles. The zero-order chi connectivity index (χ0) is 31.6. The molecule has 48 heavy (non-hydrogen) atoms. The summed E-state index contributed by atoms with van der Waals surface area (Å²) in [7, 11) is 0. The van der Waals surface area contributed by atoms with E-state index in [1.165, 1.54) is 36.5 Å². The van der Waals surface area contributed by atoms with Gasteiger partial charge in [0, 0.05) is 47.6 Å². The van der Waals surface area contributed by atoms with Crippen molar-refractivity contribution >= 4 is 64.2 Å². The predicted octanol–water partition coefficient (Wildman–Crippen LogP) is 12.0. The third kappa shape index (κ3) is 4.33. The number of nitrogens with zero attached hydrogens (tertiary/aromatic N) is 3. The minimum absolute atomic E-state index is 0.604. The zero-order valence-electron chi connectivity index (χ0n) is 25.6. The van der Waals surface area contributed by atoms with Crippen molar-refractivity contribution in [2.45, 2.75) is 0 Å². The van der Waals surface area contributed by atoms with Gasteiger partial charge in [-0.1, -0.05) is 115 Å². The van der Waals surface area contributed by atoms with Gasteiger partial charge in [-0.2, -0.15) is 0 Å². The first-order valence-electron chi connectivity index (χ1n) is 15.9. The van der Waals surface area contributed by atoms with Crippen LogP contribution in [-0.2, 0) is 0 Å². The van der Waals surface area contributed by atoms with Crippen LogP contribution >= 0.6 is 11.3 Å². The van der Waals surface area contributed by atoms with Gasteiger partial charge in [0.2, 0.25) is 0 Å². The molecule has 3 aromatic heterocycles. The number of rotatable bonds is 4. The molecule has 0 amide bonds. The highest BCUT2D eigenvalue weighted by Crippen LogP contribution is 2.43. The molecule has 0 aliphatic rings. The van der Waals surface area contributed by atoms with Crippen molar-refractivity contribution in [1.29, 1.82) is 0 Å². The maximum absolute atomic E-state index is 6.54. The lowest BCUT2D eigenvalue weighted by Gasteiger charge is -2.08. The number of furan rings is 1. The molecule has 0 unspecified atom stereocenters. The highest BCUT2D eigenvalue weighted by molar-refractivity contribution is 7.26. The molecule has 10 rings (SSSR count). The Morgan fingerprint density at radius 1 is 0.396 bits per heavy atom. The summed E-state index contributed by atoms with van der Waals surface area (Å²) in [6.45, 7) is 0. The lowest BCUT2D eigenvalue weighted by Crippen LogP contribution is -2.00. The molecule has 0 saturated carbocycles. The number of benzene rings is 7. The van der Waals surface area contributed by atoms with Crippen molar-refractivity contribution in [2.75, 3.05) is 0 Å². The quantitative estimate of drug-likeness (QED) is 0.194. The Bertz CT molecular complexity index is 2780. The third-order valence-corrected chi connectivity index (χ3v) is 10.3. The van der Waals surface area contributed by atoms with E-state index in [2.05, 4.69) is 91.0 Å². The number of thiophene rings is 1. The molecule has 4 nitrogen and oxygen atoms in total. The lowest BCUT2D eigenvalue weighted by molar-refractivity contribution is 0.669. The van der Waals surface area contributed by atoms with E-state index in [-0.39, 0.29) is 0 Å². The van der Waals surface area contributed by atoms with Crippen LogP contribution in [0, 0.1) is 0 Å². The highest BCUT2D eigenvalue weighted by Gasteiger charge is 2.17. The van der Waals surface area contributed by atoms with Gasteiger partial charge < -0.3 is 4.42 Å². The van der Waals surface area contributed by atoms with E-state index >= 15 is 0 Å². The molecule has 224 valence electrons. The van der Waals surface area contributed by atoms with Crippen molar-refractivity contribution < 1.29 is 4.42 Å². The summed E-state index contributed by atoms with van der Waals surface area (Å²) in [6, 6.07) is 52.7. The van der Waals surface area contributed by atoms with Crippen LogP contribution in [0.2, 0.25) is 0 Å². The van der Waals surface area contributed by atoms with Gasteiger partial charge in [0.15, 0.2) is 17.5 Å². The van der Waals surface area contributed by atoms with Crippen LogP contribution in [0.15, 0.2) is 156 Å².